The van der Waals surface area contributed by atoms with Crippen LogP contribution in [0.2, 0.25) is 0 Å². The van der Waals surface area contributed by atoms with Crippen molar-refractivity contribution in [2.24, 2.45) is 5.92 Å². The maximum atomic E-state index is 12.6. The Bertz CT molecular complexity index is 701. The first kappa shape index (κ1) is 15.4. The van der Waals surface area contributed by atoms with Gasteiger partial charge in [0.1, 0.15) is 5.69 Å². The fourth-order valence-electron chi connectivity index (χ4n) is 4.15. The van der Waals surface area contributed by atoms with Crippen molar-refractivity contribution in [1.29, 1.82) is 0 Å². The van der Waals surface area contributed by atoms with E-state index < -0.39 is 0 Å². The number of fused-ring (bicyclic) bond motifs is 3. The van der Waals surface area contributed by atoms with Gasteiger partial charge in [0.2, 0.25) is 0 Å². The molecule has 3 saturated heterocycles. The third kappa shape index (κ3) is 2.96. The molecule has 5 heteroatoms. The first-order chi connectivity index (χ1) is 11.7. The largest absolute Gasteiger partial charge is 0.354 e. The number of aromatic amines is 1. The molecule has 3 aliphatic heterocycles. The molecule has 1 amide bonds. The summed E-state index contributed by atoms with van der Waals surface area (Å²) in [5, 5.41) is 3.27. The summed E-state index contributed by atoms with van der Waals surface area (Å²) < 4.78 is 0. The van der Waals surface area contributed by atoms with Gasteiger partial charge in [-0.2, -0.15) is 0 Å². The number of pyridine rings is 1. The van der Waals surface area contributed by atoms with Gasteiger partial charge in [0.05, 0.1) is 0 Å². The first-order valence-electron chi connectivity index (χ1n) is 8.83. The van der Waals surface area contributed by atoms with Crippen LogP contribution in [0.15, 0.2) is 36.5 Å². The van der Waals surface area contributed by atoms with Crippen molar-refractivity contribution in [2.75, 3.05) is 13.1 Å². The standard InChI is InChI=1S/C19H24N4O/c1-13-18(14-7-10-23(13)11-8-14)22-19(24)17-6-5-16(21-17)12-15-4-2-3-9-20-15/h2-6,9,13-14,18,21H,7-8,10-12H2,1H3,(H,22,24)/t13-,18-/m0/s1. The number of amides is 1. The number of piperidine rings is 3. The van der Waals surface area contributed by atoms with Gasteiger partial charge < -0.3 is 10.3 Å². The van der Waals surface area contributed by atoms with Crippen LogP contribution in [-0.2, 0) is 6.42 Å². The highest BCUT2D eigenvalue weighted by atomic mass is 16.2. The summed E-state index contributed by atoms with van der Waals surface area (Å²) in [6.45, 7) is 4.58. The van der Waals surface area contributed by atoms with Crippen molar-refractivity contribution in [3.63, 3.8) is 0 Å². The van der Waals surface area contributed by atoms with E-state index in [-0.39, 0.29) is 11.9 Å². The lowest BCUT2D eigenvalue weighted by molar-refractivity contribution is 0.0216. The molecule has 5 nitrogen and oxygen atoms in total. The van der Waals surface area contributed by atoms with Crippen molar-refractivity contribution < 1.29 is 4.79 Å². The second-order valence-electron chi connectivity index (χ2n) is 7.01. The van der Waals surface area contributed by atoms with Gasteiger partial charge in [0.15, 0.2) is 0 Å². The molecule has 0 radical (unpaired) electrons. The number of carbonyl (C=O) groups is 1. The number of nitrogens with one attached hydrogen (secondary N) is 2. The molecule has 5 rings (SSSR count). The third-order valence-electron chi connectivity index (χ3n) is 5.56. The molecule has 2 bridgehead atoms. The molecule has 2 atom stereocenters. The minimum absolute atomic E-state index is 0.00729. The van der Waals surface area contributed by atoms with Crippen LogP contribution in [0.5, 0.6) is 0 Å². The minimum Gasteiger partial charge on any atom is -0.354 e. The molecule has 2 N–H and O–H groups in total. The second-order valence-corrected chi connectivity index (χ2v) is 7.01. The lowest BCUT2D eigenvalue weighted by Crippen LogP contribution is -2.62. The summed E-state index contributed by atoms with van der Waals surface area (Å²) in [5.41, 5.74) is 2.66. The molecule has 24 heavy (non-hydrogen) atoms. The molecule has 126 valence electrons. The van der Waals surface area contributed by atoms with E-state index in [1.807, 2.05) is 30.3 Å². The fourth-order valence-corrected chi connectivity index (χ4v) is 4.15. The van der Waals surface area contributed by atoms with Crippen LogP contribution < -0.4 is 5.32 Å². The average molecular weight is 324 g/mol. The van der Waals surface area contributed by atoms with E-state index in [9.17, 15) is 4.79 Å². The van der Waals surface area contributed by atoms with Gasteiger partial charge in [0, 0.05) is 36.1 Å². The zero-order valence-corrected chi connectivity index (χ0v) is 14.0. The Morgan fingerprint density at radius 2 is 2.12 bits per heavy atom. The van der Waals surface area contributed by atoms with Gasteiger partial charge in [-0.3, -0.25) is 14.7 Å². The Kier molecular flexibility index (Phi) is 4.10. The summed E-state index contributed by atoms with van der Waals surface area (Å²) in [6, 6.07) is 10.4. The zero-order valence-electron chi connectivity index (χ0n) is 14.0. The molecular formula is C19H24N4O. The third-order valence-corrected chi connectivity index (χ3v) is 5.56. The van der Waals surface area contributed by atoms with E-state index in [4.69, 9.17) is 0 Å². The molecule has 3 aliphatic rings. The Morgan fingerprint density at radius 1 is 1.29 bits per heavy atom. The smallest absolute Gasteiger partial charge is 0.267 e. The second kappa shape index (κ2) is 6.40. The Labute approximate surface area is 142 Å². The van der Waals surface area contributed by atoms with Crippen molar-refractivity contribution in [3.05, 3.63) is 53.6 Å². The number of nitrogens with zero attached hydrogens (tertiary/aromatic N) is 2. The van der Waals surface area contributed by atoms with Crippen LogP contribution in [0, 0.1) is 5.92 Å². The van der Waals surface area contributed by atoms with Gasteiger partial charge in [-0.25, -0.2) is 0 Å². The van der Waals surface area contributed by atoms with E-state index in [1.165, 1.54) is 25.9 Å². The molecule has 2 aromatic heterocycles. The van der Waals surface area contributed by atoms with Crippen LogP contribution in [0.1, 0.15) is 41.6 Å². The lowest BCUT2D eigenvalue weighted by atomic mass is 9.79. The normalized spacial score (nSPS) is 28.7. The predicted molar refractivity (Wildman–Crippen MR) is 92.8 cm³/mol. The van der Waals surface area contributed by atoms with Gasteiger partial charge in [-0.05, 0) is 63.0 Å². The maximum absolute atomic E-state index is 12.6. The highest BCUT2D eigenvalue weighted by Crippen LogP contribution is 2.32. The molecule has 0 saturated carbocycles. The van der Waals surface area contributed by atoms with Gasteiger partial charge in [-0.1, -0.05) is 6.07 Å². The van der Waals surface area contributed by atoms with E-state index >= 15 is 0 Å². The van der Waals surface area contributed by atoms with Crippen molar-refractivity contribution in [2.45, 2.75) is 38.3 Å². The van der Waals surface area contributed by atoms with Crippen molar-refractivity contribution >= 4 is 5.91 Å². The molecule has 0 aliphatic carbocycles. The van der Waals surface area contributed by atoms with E-state index in [0.717, 1.165) is 11.4 Å². The summed E-state index contributed by atoms with van der Waals surface area (Å²) in [5.74, 6) is 0.629. The maximum Gasteiger partial charge on any atom is 0.267 e. The van der Waals surface area contributed by atoms with Crippen molar-refractivity contribution in [1.82, 2.24) is 20.2 Å². The quantitative estimate of drug-likeness (QED) is 0.906. The van der Waals surface area contributed by atoms with Gasteiger partial charge >= 0.3 is 0 Å². The van der Waals surface area contributed by atoms with Gasteiger partial charge in [-0.15, -0.1) is 0 Å². The number of aromatic nitrogens is 2. The predicted octanol–water partition coefficient (Wildman–Crippen LogP) is 2.21. The van der Waals surface area contributed by atoms with Crippen LogP contribution >= 0.6 is 0 Å². The average Bonchev–Trinajstić information content (AvgIpc) is 3.08. The summed E-state index contributed by atoms with van der Waals surface area (Å²) in [6.07, 6.45) is 4.90. The Morgan fingerprint density at radius 3 is 2.83 bits per heavy atom. The van der Waals surface area contributed by atoms with Gasteiger partial charge in [0.25, 0.3) is 5.91 Å². The summed E-state index contributed by atoms with van der Waals surface area (Å²) in [4.78, 5) is 22.7. The van der Waals surface area contributed by atoms with E-state index in [0.29, 0.717) is 24.1 Å². The molecule has 5 heterocycles. The molecule has 0 spiro atoms. The lowest BCUT2D eigenvalue weighted by Gasteiger charge is -2.49. The monoisotopic (exact) mass is 324 g/mol. The highest BCUT2D eigenvalue weighted by Gasteiger charge is 2.40. The number of carbonyl (C=O) groups excluding carboxylic acids is 1. The minimum atomic E-state index is 0.00729. The molecule has 2 aromatic rings. The van der Waals surface area contributed by atoms with E-state index in [1.54, 1.807) is 6.20 Å². The summed E-state index contributed by atoms with van der Waals surface area (Å²) in [7, 11) is 0. The number of hydrogen-bond acceptors (Lipinski definition) is 3. The Balaban J connectivity index is 1.42. The summed E-state index contributed by atoms with van der Waals surface area (Å²) >= 11 is 0. The van der Waals surface area contributed by atoms with Crippen molar-refractivity contribution in [3.8, 4) is 0 Å². The SMILES string of the molecule is C[C@H]1[C@H](NC(=O)c2ccc(Cc3ccccn3)[nH]2)C2CCN1CC2. The van der Waals surface area contributed by atoms with Crippen LogP contribution in [0.25, 0.3) is 0 Å². The molecular weight excluding hydrogens is 300 g/mol. The van der Waals surface area contributed by atoms with Crippen LogP contribution in [0.4, 0.5) is 0 Å². The molecule has 0 aromatic carbocycles. The molecule has 0 unspecified atom stereocenters. The molecule has 3 fully saturated rings. The number of rotatable bonds is 4. The number of H-pyrrole nitrogens is 1. The highest BCUT2D eigenvalue weighted by molar-refractivity contribution is 5.92. The first-order valence-corrected chi connectivity index (χ1v) is 8.83. The fraction of sp³-hybridized carbons (Fsp3) is 0.474. The van der Waals surface area contributed by atoms with Crippen LogP contribution in [-0.4, -0.2) is 45.9 Å². The Hall–Kier alpha value is -2.14. The zero-order chi connectivity index (χ0) is 16.5. The number of hydrogen-bond donors (Lipinski definition) is 2. The topological polar surface area (TPSA) is 61.0 Å². The van der Waals surface area contributed by atoms with E-state index in [2.05, 4.69) is 27.1 Å². The van der Waals surface area contributed by atoms with Crippen LogP contribution in [0.3, 0.4) is 0 Å².